The number of aromatic nitrogens is 4. The molecule has 0 aromatic carbocycles. The second-order valence-electron chi connectivity index (χ2n) is 7.74. The highest BCUT2D eigenvalue weighted by atomic mass is 16.2. The molecule has 29 heavy (non-hydrogen) atoms. The molecule has 1 unspecified atom stereocenters. The number of carbonyl (C=O) groups is 1. The Hall–Kier alpha value is -2.77. The number of amides is 1. The SMILES string of the molecule is CCC1CCCCN1c1cc(C(=O)N2CCN(c3ncccn3)CC2)nc(C)n1. The van der Waals surface area contributed by atoms with Crippen LogP contribution in [0, 0.1) is 6.92 Å². The van der Waals surface area contributed by atoms with Crippen LogP contribution in [-0.4, -0.2) is 69.5 Å². The van der Waals surface area contributed by atoms with Crippen molar-refractivity contribution in [1.29, 1.82) is 0 Å². The summed E-state index contributed by atoms with van der Waals surface area (Å²) in [5.41, 5.74) is 0.498. The fraction of sp³-hybridized carbons (Fsp3) is 0.571. The molecule has 4 rings (SSSR count). The average molecular weight is 396 g/mol. The van der Waals surface area contributed by atoms with Gasteiger partial charge < -0.3 is 14.7 Å². The van der Waals surface area contributed by atoms with Crippen LogP contribution in [-0.2, 0) is 0 Å². The molecule has 8 nitrogen and oxygen atoms in total. The predicted molar refractivity (Wildman–Crippen MR) is 112 cm³/mol. The van der Waals surface area contributed by atoms with E-state index in [1.807, 2.05) is 24.0 Å². The van der Waals surface area contributed by atoms with E-state index in [9.17, 15) is 4.79 Å². The zero-order chi connectivity index (χ0) is 20.2. The number of rotatable bonds is 4. The van der Waals surface area contributed by atoms with E-state index in [-0.39, 0.29) is 5.91 Å². The van der Waals surface area contributed by atoms with Crippen LogP contribution in [0.25, 0.3) is 0 Å². The minimum absolute atomic E-state index is 0.0181. The van der Waals surface area contributed by atoms with E-state index < -0.39 is 0 Å². The Balaban J connectivity index is 1.47. The number of hydrogen-bond donors (Lipinski definition) is 0. The molecule has 0 radical (unpaired) electrons. The van der Waals surface area contributed by atoms with Crippen LogP contribution >= 0.6 is 0 Å². The van der Waals surface area contributed by atoms with Crippen molar-refractivity contribution in [2.24, 2.45) is 0 Å². The molecular formula is C21H29N7O. The Morgan fingerprint density at radius 1 is 1.07 bits per heavy atom. The fourth-order valence-corrected chi connectivity index (χ4v) is 4.26. The summed E-state index contributed by atoms with van der Waals surface area (Å²) in [6, 6.07) is 4.19. The quantitative estimate of drug-likeness (QED) is 0.786. The zero-order valence-electron chi connectivity index (χ0n) is 17.3. The van der Waals surface area contributed by atoms with E-state index in [0.717, 1.165) is 37.8 Å². The van der Waals surface area contributed by atoms with Gasteiger partial charge in [-0.3, -0.25) is 4.79 Å². The zero-order valence-corrected chi connectivity index (χ0v) is 17.3. The van der Waals surface area contributed by atoms with Crippen LogP contribution in [0.2, 0.25) is 0 Å². The van der Waals surface area contributed by atoms with Crippen molar-refractivity contribution in [2.45, 2.75) is 45.6 Å². The molecule has 8 heteroatoms. The van der Waals surface area contributed by atoms with Gasteiger partial charge in [-0.2, -0.15) is 0 Å². The smallest absolute Gasteiger partial charge is 0.272 e. The molecule has 0 aliphatic carbocycles. The van der Waals surface area contributed by atoms with Crippen LogP contribution in [0.1, 0.15) is 48.9 Å². The highest BCUT2D eigenvalue weighted by Crippen LogP contribution is 2.26. The van der Waals surface area contributed by atoms with Crippen molar-refractivity contribution in [3.05, 3.63) is 36.0 Å². The Morgan fingerprint density at radius 3 is 2.55 bits per heavy atom. The number of piperidine rings is 1. The van der Waals surface area contributed by atoms with Crippen molar-refractivity contribution < 1.29 is 4.79 Å². The average Bonchev–Trinajstić information content (AvgIpc) is 2.79. The van der Waals surface area contributed by atoms with Crippen LogP contribution in [0.3, 0.4) is 0 Å². The summed E-state index contributed by atoms with van der Waals surface area (Å²) in [7, 11) is 0. The molecule has 2 aromatic rings. The van der Waals surface area contributed by atoms with Crippen LogP contribution in [0.15, 0.2) is 24.5 Å². The highest BCUT2D eigenvalue weighted by molar-refractivity contribution is 5.93. The van der Waals surface area contributed by atoms with Gasteiger partial charge in [0.05, 0.1) is 0 Å². The van der Waals surface area contributed by atoms with Crippen molar-refractivity contribution in [3.8, 4) is 0 Å². The van der Waals surface area contributed by atoms with Crippen LogP contribution in [0.5, 0.6) is 0 Å². The Morgan fingerprint density at radius 2 is 1.83 bits per heavy atom. The first-order valence-electron chi connectivity index (χ1n) is 10.6. The molecule has 1 amide bonds. The number of hydrogen-bond acceptors (Lipinski definition) is 7. The van der Waals surface area contributed by atoms with Crippen LogP contribution in [0.4, 0.5) is 11.8 Å². The molecule has 2 fully saturated rings. The maximum atomic E-state index is 13.1. The fourth-order valence-electron chi connectivity index (χ4n) is 4.26. The summed E-state index contributed by atoms with van der Waals surface area (Å²) >= 11 is 0. The lowest BCUT2D eigenvalue weighted by Gasteiger charge is -2.37. The molecule has 0 saturated carbocycles. The molecule has 2 aromatic heterocycles. The molecule has 154 valence electrons. The van der Waals surface area contributed by atoms with Gasteiger partial charge in [-0.25, -0.2) is 19.9 Å². The van der Waals surface area contributed by atoms with E-state index in [2.05, 4.69) is 36.7 Å². The molecule has 2 aliphatic heterocycles. The van der Waals surface area contributed by atoms with Crippen molar-refractivity contribution >= 4 is 17.7 Å². The standard InChI is InChI=1S/C21H29N7O/c1-3-17-7-4-5-10-28(17)19-15-18(24-16(2)25-19)20(29)26-11-13-27(14-12-26)21-22-8-6-9-23-21/h6,8-9,15,17H,3-5,7,10-14H2,1-2H3. The summed E-state index contributed by atoms with van der Waals surface area (Å²) in [6.07, 6.45) is 8.21. The lowest BCUT2D eigenvalue weighted by molar-refractivity contribution is 0.0740. The highest BCUT2D eigenvalue weighted by Gasteiger charge is 2.27. The van der Waals surface area contributed by atoms with E-state index in [1.165, 1.54) is 19.3 Å². The minimum atomic E-state index is -0.0181. The molecule has 0 N–H and O–H groups in total. The van der Waals surface area contributed by atoms with Crippen molar-refractivity contribution in [1.82, 2.24) is 24.8 Å². The topological polar surface area (TPSA) is 78.4 Å². The summed E-state index contributed by atoms with van der Waals surface area (Å²) in [5.74, 6) is 2.25. The van der Waals surface area contributed by atoms with Gasteiger partial charge in [0.2, 0.25) is 5.95 Å². The van der Waals surface area contributed by atoms with Gasteiger partial charge in [-0.15, -0.1) is 0 Å². The first-order chi connectivity index (χ1) is 14.2. The van der Waals surface area contributed by atoms with Gasteiger partial charge in [0.25, 0.3) is 5.91 Å². The minimum Gasteiger partial charge on any atom is -0.354 e. The second kappa shape index (κ2) is 8.71. The third-order valence-corrected chi connectivity index (χ3v) is 5.84. The number of nitrogens with zero attached hydrogens (tertiary/aromatic N) is 7. The van der Waals surface area contributed by atoms with Gasteiger partial charge in [0, 0.05) is 57.2 Å². The van der Waals surface area contributed by atoms with Crippen molar-refractivity contribution in [3.63, 3.8) is 0 Å². The Labute approximate surface area is 172 Å². The maximum Gasteiger partial charge on any atom is 0.272 e. The van der Waals surface area contributed by atoms with Gasteiger partial charge >= 0.3 is 0 Å². The maximum absolute atomic E-state index is 13.1. The normalized spacial score (nSPS) is 20.1. The van der Waals surface area contributed by atoms with Crippen molar-refractivity contribution in [2.75, 3.05) is 42.5 Å². The molecule has 2 saturated heterocycles. The number of piperazine rings is 1. The largest absolute Gasteiger partial charge is 0.354 e. The molecule has 2 aliphatic rings. The second-order valence-corrected chi connectivity index (χ2v) is 7.74. The lowest BCUT2D eigenvalue weighted by Crippen LogP contribution is -2.49. The summed E-state index contributed by atoms with van der Waals surface area (Å²) in [5, 5.41) is 0. The van der Waals surface area contributed by atoms with Gasteiger partial charge in [0.1, 0.15) is 17.3 Å². The van der Waals surface area contributed by atoms with Gasteiger partial charge in [0.15, 0.2) is 0 Å². The lowest BCUT2D eigenvalue weighted by atomic mass is 10.00. The number of carbonyl (C=O) groups excluding carboxylic acids is 1. The third kappa shape index (κ3) is 4.31. The molecular weight excluding hydrogens is 366 g/mol. The van der Waals surface area contributed by atoms with Gasteiger partial charge in [-0.1, -0.05) is 6.92 Å². The van der Waals surface area contributed by atoms with E-state index in [1.54, 1.807) is 12.4 Å². The monoisotopic (exact) mass is 395 g/mol. The van der Waals surface area contributed by atoms with E-state index in [4.69, 9.17) is 0 Å². The number of aryl methyl sites for hydroxylation is 1. The van der Waals surface area contributed by atoms with E-state index >= 15 is 0 Å². The molecule has 0 bridgehead atoms. The summed E-state index contributed by atoms with van der Waals surface area (Å²) < 4.78 is 0. The Bertz CT molecular complexity index is 836. The third-order valence-electron chi connectivity index (χ3n) is 5.84. The molecule has 0 spiro atoms. The first kappa shape index (κ1) is 19.5. The summed E-state index contributed by atoms with van der Waals surface area (Å²) in [4.78, 5) is 37.2. The molecule has 1 atom stereocenters. The van der Waals surface area contributed by atoms with Gasteiger partial charge in [-0.05, 0) is 38.7 Å². The number of anilines is 2. The first-order valence-corrected chi connectivity index (χ1v) is 10.6. The van der Waals surface area contributed by atoms with E-state index in [0.29, 0.717) is 30.6 Å². The van der Waals surface area contributed by atoms with Crippen LogP contribution < -0.4 is 9.80 Å². The summed E-state index contributed by atoms with van der Waals surface area (Å²) in [6.45, 7) is 7.80. The Kier molecular flexibility index (Phi) is 5.87. The predicted octanol–water partition coefficient (Wildman–Crippen LogP) is 2.31. The molecule has 4 heterocycles.